The van der Waals surface area contributed by atoms with Crippen molar-refractivity contribution in [1.29, 1.82) is 0 Å². The fourth-order valence-electron chi connectivity index (χ4n) is 3.24. The van der Waals surface area contributed by atoms with E-state index in [1.165, 1.54) is 0 Å². The number of carbonyl (C=O) groups excluding carboxylic acids is 2. The molecule has 3 rings (SSSR count). The lowest BCUT2D eigenvalue weighted by Crippen LogP contribution is -2.55. The van der Waals surface area contributed by atoms with Gasteiger partial charge in [0.1, 0.15) is 6.04 Å². The molecule has 5 nitrogen and oxygen atoms in total. The SMILES string of the molecule is CN1CCN(C(=O)[C@@H]2CS[C@]3(C)CCC(=O)N23)CC1. The van der Waals surface area contributed by atoms with Gasteiger partial charge in [-0.2, -0.15) is 0 Å². The van der Waals surface area contributed by atoms with Crippen molar-refractivity contribution in [2.45, 2.75) is 30.7 Å². The van der Waals surface area contributed by atoms with Crippen LogP contribution in [0.2, 0.25) is 0 Å². The lowest BCUT2D eigenvalue weighted by atomic mass is 10.2. The molecule has 2 atom stereocenters. The van der Waals surface area contributed by atoms with Gasteiger partial charge in [-0.1, -0.05) is 0 Å². The third kappa shape index (κ3) is 2.14. The maximum atomic E-state index is 12.6. The zero-order valence-corrected chi connectivity index (χ0v) is 12.4. The van der Waals surface area contributed by atoms with Crippen LogP contribution in [0.1, 0.15) is 19.8 Å². The first-order chi connectivity index (χ1) is 9.01. The molecule has 0 aromatic carbocycles. The van der Waals surface area contributed by atoms with Gasteiger partial charge in [0.05, 0.1) is 4.87 Å². The van der Waals surface area contributed by atoms with Crippen LogP contribution in [0.4, 0.5) is 0 Å². The largest absolute Gasteiger partial charge is 0.338 e. The predicted octanol–water partition coefficient (Wildman–Crippen LogP) is 0.214. The predicted molar refractivity (Wildman–Crippen MR) is 74.8 cm³/mol. The summed E-state index contributed by atoms with van der Waals surface area (Å²) in [5.41, 5.74) is 0. The van der Waals surface area contributed by atoms with Gasteiger partial charge in [-0.05, 0) is 20.4 Å². The number of piperazine rings is 1. The molecule has 0 aromatic rings. The number of rotatable bonds is 1. The highest BCUT2D eigenvalue weighted by Crippen LogP contribution is 2.47. The first-order valence-electron chi connectivity index (χ1n) is 6.95. The van der Waals surface area contributed by atoms with Crippen LogP contribution in [0.3, 0.4) is 0 Å². The molecule has 19 heavy (non-hydrogen) atoms. The second kappa shape index (κ2) is 4.66. The molecule has 0 aromatic heterocycles. The third-order valence-electron chi connectivity index (χ3n) is 4.54. The van der Waals surface area contributed by atoms with Gasteiger partial charge < -0.3 is 14.7 Å². The molecular weight excluding hydrogens is 262 g/mol. The summed E-state index contributed by atoms with van der Waals surface area (Å²) in [5.74, 6) is 1.06. The van der Waals surface area contributed by atoms with Gasteiger partial charge in [0, 0.05) is 38.4 Å². The molecule has 3 heterocycles. The Morgan fingerprint density at radius 2 is 2.00 bits per heavy atom. The minimum Gasteiger partial charge on any atom is -0.338 e. The van der Waals surface area contributed by atoms with Crippen LogP contribution in [0.25, 0.3) is 0 Å². The first kappa shape index (κ1) is 13.2. The quantitative estimate of drug-likeness (QED) is 0.690. The van der Waals surface area contributed by atoms with Crippen molar-refractivity contribution in [1.82, 2.24) is 14.7 Å². The standard InChI is InChI=1S/C13H21N3O2S/c1-13-4-3-11(17)16(13)10(9-19-13)12(18)15-7-5-14(2)6-8-15/h10H,3-9H2,1-2H3/t10-,13+/m0/s1. The fourth-order valence-corrected chi connectivity index (χ4v) is 4.66. The maximum Gasteiger partial charge on any atom is 0.246 e. The number of hydrogen-bond donors (Lipinski definition) is 0. The minimum absolute atomic E-state index is 0.135. The monoisotopic (exact) mass is 283 g/mol. The van der Waals surface area contributed by atoms with Crippen molar-refractivity contribution in [3.8, 4) is 0 Å². The molecule has 0 saturated carbocycles. The van der Waals surface area contributed by atoms with Gasteiger partial charge >= 0.3 is 0 Å². The number of amides is 2. The first-order valence-corrected chi connectivity index (χ1v) is 7.93. The summed E-state index contributed by atoms with van der Waals surface area (Å²) in [6.07, 6.45) is 1.47. The van der Waals surface area contributed by atoms with Crippen LogP contribution >= 0.6 is 11.8 Å². The van der Waals surface area contributed by atoms with Crippen LogP contribution in [0.15, 0.2) is 0 Å². The number of nitrogens with zero attached hydrogens (tertiary/aromatic N) is 3. The van der Waals surface area contributed by atoms with Gasteiger partial charge in [0.25, 0.3) is 0 Å². The molecule has 0 aliphatic carbocycles. The van der Waals surface area contributed by atoms with Gasteiger partial charge in [-0.15, -0.1) is 11.8 Å². The van der Waals surface area contributed by atoms with E-state index in [0.29, 0.717) is 6.42 Å². The Bertz CT molecular complexity index is 409. The summed E-state index contributed by atoms with van der Waals surface area (Å²) in [6, 6.07) is -0.228. The molecule has 3 fully saturated rings. The molecule has 0 spiro atoms. The van der Waals surface area contributed by atoms with E-state index in [9.17, 15) is 9.59 Å². The van der Waals surface area contributed by atoms with Crippen LogP contribution in [0, 0.1) is 0 Å². The second-order valence-corrected chi connectivity index (χ2v) is 7.40. The van der Waals surface area contributed by atoms with E-state index in [2.05, 4.69) is 18.9 Å². The Hall–Kier alpha value is -0.750. The van der Waals surface area contributed by atoms with Crippen LogP contribution in [-0.4, -0.2) is 76.4 Å². The molecule has 6 heteroatoms. The summed E-state index contributed by atoms with van der Waals surface area (Å²) in [6.45, 7) is 5.53. The number of fused-ring (bicyclic) bond motifs is 1. The minimum atomic E-state index is -0.228. The lowest BCUT2D eigenvalue weighted by molar-refractivity contribution is -0.144. The number of hydrogen-bond acceptors (Lipinski definition) is 4. The molecule has 106 valence electrons. The van der Waals surface area contributed by atoms with Gasteiger partial charge in [-0.3, -0.25) is 9.59 Å². The summed E-state index contributed by atoms with van der Waals surface area (Å²) in [4.78, 5) is 30.6. The highest BCUT2D eigenvalue weighted by Gasteiger charge is 2.53. The maximum absolute atomic E-state index is 12.6. The average Bonchev–Trinajstić information content (AvgIpc) is 2.87. The van der Waals surface area contributed by atoms with Crippen molar-refractivity contribution >= 4 is 23.6 Å². The van der Waals surface area contributed by atoms with Gasteiger partial charge in [0.15, 0.2) is 0 Å². The zero-order valence-electron chi connectivity index (χ0n) is 11.6. The average molecular weight is 283 g/mol. The Morgan fingerprint density at radius 3 is 2.68 bits per heavy atom. The van der Waals surface area contributed by atoms with Gasteiger partial charge in [0.2, 0.25) is 11.8 Å². The van der Waals surface area contributed by atoms with E-state index >= 15 is 0 Å². The van der Waals surface area contributed by atoms with E-state index in [4.69, 9.17) is 0 Å². The zero-order chi connectivity index (χ0) is 13.6. The van der Waals surface area contributed by atoms with E-state index in [0.717, 1.165) is 38.4 Å². The second-order valence-electron chi connectivity index (χ2n) is 5.89. The number of thioether (sulfide) groups is 1. The van der Waals surface area contributed by atoms with Crippen molar-refractivity contribution in [2.75, 3.05) is 39.0 Å². The summed E-state index contributed by atoms with van der Waals surface area (Å²) < 4.78 is 0. The Balaban J connectivity index is 1.72. The van der Waals surface area contributed by atoms with Crippen molar-refractivity contribution in [3.63, 3.8) is 0 Å². The highest BCUT2D eigenvalue weighted by molar-refractivity contribution is 8.01. The molecular formula is C13H21N3O2S. The summed E-state index contributed by atoms with van der Waals surface area (Å²) >= 11 is 1.77. The normalized spacial score (nSPS) is 35.9. The molecule has 3 aliphatic rings. The van der Waals surface area contributed by atoms with Gasteiger partial charge in [-0.25, -0.2) is 0 Å². The Morgan fingerprint density at radius 1 is 1.32 bits per heavy atom. The Labute approximate surface area is 118 Å². The van der Waals surface area contributed by atoms with Crippen molar-refractivity contribution < 1.29 is 9.59 Å². The van der Waals surface area contributed by atoms with E-state index in [1.54, 1.807) is 11.8 Å². The highest BCUT2D eigenvalue weighted by atomic mass is 32.2. The molecule has 3 aliphatic heterocycles. The molecule has 0 N–H and O–H groups in total. The molecule has 2 amide bonds. The Kier molecular flexibility index (Phi) is 3.25. The lowest BCUT2D eigenvalue weighted by Gasteiger charge is -2.36. The van der Waals surface area contributed by atoms with Crippen molar-refractivity contribution in [3.05, 3.63) is 0 Å². The van der Waals surface area contributed by atoms with E-state index < -0.39 is 0 Å². The molecule has 0 unspecified atom stereocenters. The van der Waals surface area contributed by atoms with Crippen LogP contribution in [0.5, 0.6) is 0 Å². The van der Waals surface area contributed by atoms with E-state index in [-0.39, 0.29) is 22.7 Å². The topological polar surface area (TPSA) is 43.9 Å². The summed E-state index contributed by atoms with van der Waals surface area (Å²) in [7, 11) is 2.08. The number of carbonyl (C=O) groups is 2. The third-order valence-corrected chi connectivity index (χ3v) is 6.05. The molecule has 0 radical (unpaired) electrons. The van der Waals surface area contributed by atoms with Crippen molar-refractivity contribution in [2.24, 2.45) is 0 Å². The smallest absolute Gasteiger partial charge is 0.246 e. The number of likely N-dealkylation sites (N-methyl/N-ethyl adjacent to an activating group) is 1. The molecule has 3 saturated heterocycles. The summed E-state index contributed by atoms with van der Waals surface area (Å²) in [5, 5.41) is 0. The fraction of sp³-hybridized carbons (Fsp3) is 0.846. The molecule has 0 bridgehead atoms. The van der Waals surface area contributed by atoms with Crippen LogP contribution < -0.4 is 0 Å². The van der Waals surface area contributed by atoms with E-state index in [1.807, 2.05) is 9.80 Å². The van der Waals surface area contributed by atoms with Crippen LogP contribution in [-0.2, 0) is 9.59 Å².